The van der Waals surface area contributed by atoms with Crippen LogP contribution in [0.25, 0.3) is 11.3 Å². The summed E-state index contributed by atoms with van der Waals surface area (Å²) in [6.45, 7) is 5.33. The van der Waals surface area contributed by atoms with Gasteiger partial charge in [-0.25, -0.2) is 13.4 Å². The van der Waals surface area contributed by atoms with Crippen molar-refractivity contribution in [3.05, 3.63) is 65.7 Å². The van der Waals surface area contributed by atoms with Crippen molar-refractivity contribution < 1.29 is 17.6 Å². The number of oxazole rings is 1. The molecule has 1 aromatic heterocycles. The number of hydrogen-bond donors (Lipinski definition) is 0. The number of aryl methyl sites for hydroxylation is 1. The average molecular weight is 466 g/mol. The lowest BCUT2D eigenvalue weighted by atomic mass is 10.1. The quantitative estimate of drug-likeness (QED) is 0.507. The third kappa shape index (κ3) is 4.32. The van der Waals surface area contributed by atoms with E-state index in [2.05, 4.69) is 9.88 Å². The summed E-state index contributed by atoms with van der Waals surface area (Å²) < 4.78 is 34.4. The van der Waals surface area contributed by atoms with Gasteiger partial charge in [0.1, 0.15) is 0 Å². The predicted molar refractivity (Wildman–Crippen MR) is 126 cm³/mol. The minimum atomic E-state index is -3.64. The largest absolute Gasteiger partial charge is 0.440 e. The second kappa shape index (κ2) is 8.43. The van der Waals surface area contributed by atoms with Crippen molar-refractivity contribution in [2.24, 2.45) is 0 Å². The molecule has 2 aromatic carbocycles. The average Bonchev–Trinajstić information content (AvgIpc) is 3.56. The first kappa shape index (κ1) is 21.9. The minimum absolute atomic E-state index is 0.0316. The molecule has 2 fully saturated rings. The molecule has 0 unspecified atom stereocenters. The number of hydrogen-bond acceptors (Lipinski definition) is 6. The highest BCUT2D eigenvalue weighted by atomic mass is 32.2. The molecule has 3 aromatic rings. The molecule has 0 atom stereocenters. The molecular formula is C25H27N3O4S. The van der Waals surface area contributed by atoms with Crippen molar-refractivity contribution in [2.45, 2.75) is 37.5 Å². The molecule has 0 amide bonds. The molecule has 2 aliphatic rings. The second-order valence-electron chi connectivity index (χ2n) is 8.81. The first-order chi connectivity index (χ1) is 15.8. The lowest BCUT2D eigenvalue weighted by Gasteiger charge is -2.35. The van der Waals surface area contributed by atoms with Crippen LogP contribution in [0.1, 0.15) is 47.5 Å². The molecule has 8 heteroatoms. The number of aromatic nitrogens is 1. The van der Waals surface area contributed by atoms with E-state index in [9.17, 15) is 13.2 Å². The van der Waals surface area contributed by atoms with Crippen molar-refractivity contribution in [3.63, 3.8) is 0 Å². The number of nitrogens with zero attached hydrogens (tertiary/aromatic N) is 3. The molecule has 1 aliphatic carbocycles. The zero-order valence-corrected chi connectivity index (χ0v) is 19.6. The van der Waals surface area contributed by atoms with E-state index in [1.165, 1.54) is 0 Å². The Labute approximate surface area is 194 Å². The van der Waals surface area contributed by atoms with Crippen molar-refractivity contribution >= 4 is 21.5 Å². The van der Waals surface area contributed by atoms with Crippen LogP contribution in [-0.2, 0) is 10.0 Å². The van der Waals surface area contributed by atoms with Crippen molar-refractivity contribution in [1.29, 1.82) is 0 Å². The molecule has 5 rings (SSSR count). The van der Waals surface area contributed by atoms with E-state index in [4.69, 9.17) is 4.42 Å². The number of carbonyl (C=O) groups excluding carboxylic acids is 1. The molecule has 33 heavy (non-hydrogen) atoms. The van der Waals surface area contributed by atoms with Gasteiger partial charge in [-0.3, -0.25) is 4.79 Å². The van der Waals surface area contributed by atoms with Gasteiger partial charge in [-0.05, 0) is 62.6 Å². The summed E-state index contributed by atoms with van der Waals surface area (Å²) in [6.07, 6.45) is 3.88. The number of benzene rings is 2. The zero-order chi connectivity index (χ0) is 23.2. The van der Waals surface area contributed by atoms with Crippen molar-refractivity contribution in [1.82, 2.24) is 9.29 Å². The Morgan fingerprint density at radius 3 is 2.36 bits per heavy atom. The van der Waals surface area contributed by atoms with E-state index in [1.807, 2.05) is 43.3 Å². The highest BCUT2D eigenvalue weighted by molar-refractivity contribution is 7.89. The maximum absolute atomic E-state index is 13.5. The normalized spacial score (nSPS) is 17.3. The van der Waals surface area contributed by atoms with Gasteiger partial charge in [0.25, 0.3) is 0 Å². The minimum Gasteiger partial charge on any atom is -0.440 e. The van der Waals surface area contributed by atoms with Gasteiger partial charge in [-0.15, -0.1) is 0 Å². The summed E-state index contributed by atoms with van der Waals surface area (Å²) in [6, 6.07) is 12.9. The first-order valence-corrected chi connectivity index (χ1v) is 12.7. The highest BCUT2D eigenvalue weighted by Crippen LogP contribution is 2.40. The molecule has 2 heterocycles. The van der Waals surface area contributed by atoms with Crippen molar-refractivity contribution in [3.8, 4) is 11.3 Å². The van der Waals surface area contributed by atoms with Crippen LogP contribution in [0.15, 0.2) is 58.0 Å². The fourth-order valence-electron chi connectivity index (χ4n) is 4.20. The Balaban J connectivity index is 1.33. The van der Waals surface area contributed by atoms with Crippen LogP contribution in [0.3, 0.4) is 0 Å². The summed E-state index contributed by atoms with van der Waals surface area (Å²) >= 11 is 0. The summed E-state index contributed by atoms with van der Waals surface area (Å²) in [5.74, 6) is 1.78. The van der Waals surface area contributed by atoms with E-state index in [-0.39, 0.29) is 5.78 Å². The third-order valence-electron chi connectivity index (χ3n) is 6.42. The number of rotatable bonds is 6. The summed E-state index contributed by atoms with van der Waals surface area (Å²) in [5, 5.41) is 0. The van der Waals surface area contributed by atoms with Crippen LogP contribution < -0.4 is 4.90 Å². The van der Waals surface area contributed by atoms with Crippen LogP contribution in [0, 0.1) is 6.92 Å². The number of Topliss-reactive ketones (excluding diaryl/α,β-unsaturated/α-hetero) is 1. The zero-order valence-electron chi connectivity index (χ0n) is 18.8. The molecule has 1 saturated carbocycles. The topological polar surface area (TPSA) is 83.7 Å². The Bertz CT molecular complexity index is 1290. The van der Waals surface area contributed by atoms with Gasteiger partial charge in [-0.1, -0.05) is 12.1 Å². The van der Waals surface area contributed by atoms with E-state index in [1.54, 1.807) is 23.5 Å². The smallest absolute Gasteiger partial charge is 0.243 e. The number of carbonyl (C=O) groups is 1. The fourth-order valence-corrected chi connectivity index (χ4v) is 5.88. The maximum atomic E-state index is 13.5. The van der Waals surface area contributed by atoms with Crippen LogP contribution in [0.5, 0.6) is 0 Å². The molecular weight excluding hydrogens is 438 g/mol. The third-order valence-corrected chi connectivity index (χ3v) is 8.46. The SMILES string of the molecule is CC(=O)c1ccc(N2CCN(S(=O)(=O)c3cc(-c4cnc(C5CC5)o4)ccc3C)CC2)cc1. The second-order valence-corrected chi connectivity index (χ2v) is 10.7. The first-order valence-electron chi connectivity index (χ1n) is 11.3. The standard InChI is InChI=1S/C25H27N3O4S/c1-17-3-4-21(23-16-26-25(32-23)20-5-6-20)15-24(17)33(30,31)28-13-11-27(12-14-28)22-9-7-19(8-10-22)18(2)29/h3-4,7-10,15-16,20H,5-6,11-14H2,1-2H3. The molecule has 0 bridgehead atoms. The van der Waals surface area contributed by atoms with Crippen LogP contribution in [0.2, 0.25) is 0 Å². The molecule has 0 radical (unpaired) electrons. The van der Waals surface area contributed by atoms with Gasteiger partial charge >= 0.3 is 0 Å². The number of ketones is 1. The Kier molecular flexibility index (Phi) is 5.58. The van der Waals surface area contributed by atoms with E-state index >= 15 is 0 Å². The maximum Gasteiger partial charge on any atom is 0.243 e. The summed E-state index contributed by atoms with van der Waals surface area (Å²) in [7, 11) is -3.64. The monoisotopic (exact) mass is 465 g/mol. The predicted octanol–water partition coefficient (Wildman–Crippen LogP) is 4.24. The number of piperazine rings is 1. The van der Waals surface area contributed by atoms with Crippen LogP contribution in [0.4, 0.5) is 5.69 Å². The molecule has 1 aliphatic heterocycles. The van der Waals surface area contributed by atoms with Crippen LogP contribution >= 0.6 is 0 Å². The van der Waals surface area contributed by atoms with Crippen molar-refractivity contribution in [2.75, 3.05) is 31.1 Å². The number of sulfonamides is 1. The lowest BCUT2D eigenvalue weighted by Crippen LogP contribution is -2.48. The number of anilines is 1. The summed E-state index contributed by atoms with van der Waals surface area (Å²) in [5.41, 5.74) is 3.10. The van der Waals surface area contributed by atoms with Gasteiger partial charge in [0.15, 0.2) is 17.4 Å². The van der Waals surface area contributed by atoms with Gasteiger partial charge in [0, 0.05) is 48.9 Å². The fraction of sp³-hybridized carbons (Fsp3) is 0.360. The molecule has 0 N–H and O–H groups in total. The Hall–Kier alpha value is -2.97. The lowest BCUT2D eigenvalue weighted by molar-refractivity contribution is 0.101. The summed E-state index contributed by atoms with van der Waals surface area (Å²) in [4.78, 5) is 18.3. The van der Waals surface area contributed by atoms with E-state index in [0.717, 1.165) is 30.0 Å². The van der Waals surface area contributed by atoms with Gasteiger partial charge in [-0.2, -0.15) is 4.31 Å². The molecule has 172 valence electrons. The molecule has 0 spiro atoms. The van der Waals surface area contributed by atoms with Gasteiger partial charge in [0.2, 0.25) is 10.0 Å². The van der Waals surface area contributed by atoms with E-state index < -0.39 is 10.0 Å². The Morgan fingerprint density at radius 1 is 1.03 bits per heavy atom. The van der Waals surface area contributed by atoms with E-state index in [0.29, 0.717) is 53.9 Å². The van der Waals surface area contributed by atoms with Crippen LogP contribution in [-0.4, -0.2) is 49.7 Å². The highest BCUT2D eigenvalue weighted by Gasteiger charge is 2.31. The van der Waals surface area contributed by atoms with Gasteiger partial charge in [0.05, 0.1) is 11.1 Å². The van der Waals surface area contributed by atoms with Gasteiger partial charge < -0.3 is 9.32 Å². The molecule has 1 saturated heterocycles. The Morgan fingerprint density at radius 2 is 1.73 bits per heavy atom. The molecule has 7 nitrogen and oxygen atoms in total.